The normalized spacial score (nSPS) is 10.4. The van der Waals surface area contributed by atoms with E-state index in [0.717, 1.165) is 0 Å². The Balaban J connectivity index is 2.96. The predicted molar refractivity (Wildman–Crippen MR) is 65.8 cm³/mol. The minimum Gasteiger partial charge on any atom is -0.481 e. The fraction of sp³-hybridized carbons (Fsp3) is 0.385. The number of hydrogen-bond donors (Lipinski definition) is 1. The highest BCUT2D eigenvalue weighted by atomic mass is 19.1. The maximum absolute atomic E-state index is 13.1. The minimum atomic E-state index is -0.993. The summed E-state index contributed by atoms with van der Waals surface area (Å²) in [7, 11) is 0. The number of anilines is 1. The van der Waals surface area contributed by atoms with E-state index in [-0.39, 0.29) is 24.8 Å². The van der Waals surface area contributed by atoms with E-state index in [2.05, 4.69) is 0 Å². The number of carbonyl (C=O) groups is 2. The third-order valence-corrected chi connectivity index (χ3v) is 2.43. The fourth-order valence-electron chi connectivity index (χ4n) is 1.53. The van der Waals surface area contributed by atoms with Crippen LogP contribution in [-0.2, 0) is 9.59 Å². The third-order valence-electron chi connectivity index (χ3n) is 2.43. The molecule has 1 aromatic rings. The molecule has 0 aliphatic heterocycles. The molecule has 0 aromatic heterocycles. The van der Waals surface area contributed by atoms with Crippen molar-refractivity contribution in [1.29, 1.82) is 0 Å². The Morgan fingerprint density at radius 1 is 1.39 bits per heavy atom. The molecule has 0 bridgehead atoms. The predicted octanol–water partition coefficient (Wildman–Crippen LogP) is 2.29. The fourth-order valence-corrected chi connectivity index (χ4v) is 1.53. The van der Waals surface area contributed by atoms with E-state index in [0.29, 0.717) is 5.69 Å². The second-order valence-electron chi connectivity index (χ2n) is 4.27. The van der Waals surface area contributed by atoms with Crippen molar-refractivity contribution >= 4 is 17.6 Å². The van der Waals surface area contributed by atoms with Gasteiger partial charge in [0.05, 0.1) is 6.42 Å². The first kappa shape index (κ1) is 14.2. The molecule has 0 saturated heterocycles. The van der Waals surface area contributed by atoms with Crippen LogP contribution >= 0.6 is 0 Å². The van der Waals surface area contributed by atoms with Crippen LogP contribution in [0.2, 0.25) is 0 Å². The SMILES string of the molecule is CC(C)C(=O)N(CCC(=O)O)c1cccc(F)c1. The van der Waals surface area contributed by atoms with Gasteiger partial charge in [0.1, 0.15) is 5.82 Å². The summed E-state index contributed by atoms with van der Waals surface area (Å²) >= 11 is 0. The molecular weight excluding hydrogens is 237 g/mol. The van der Waals surface area contributed by atoms with E-state index in [1.54, 1.807) is 19.9 Å². The molecule has 0 unspecified atom stereocenters. The molecule has 1 N–H and O–H groups in total. The molecule has 0 radical (unpaired) electrons. The zero-order valence-corrected chi connectivity index (χ0v) is 10.4. The Morgan fingerprint density at radius 3 is 2.56 bits per heavy atom. The number of rotatable bonds is 5. The Kier molecular flexibility index (Phi) is 4.83. The van der Waals surface area contributed by atoms with Crippen LogP contribution in [-0.4, -0.2) is 23.5 Å². The van der Waals surface area contributed by atoms with Crippen molar-refractivity contribution in [3.63, 3.8) is 0 Å². The Morgan fingerprint density at radius 2 is 2.06 bits per heavy atom. The summed E-state index contributed by atoms with van der Waals surface area (Å²) in [6, 6.07) is 5.58. The molecule has 1 amide bonds. The Bertz CT molecular complexity index is 446. The third kappa shape index (κ3) is 3.84. The average Bonchev–Trinajstić information content (AvgIpc) is 2.28. The van der Waals surface area contributed by atoms with Gasteiger partial charge in [-0.2, -0.15) is 0 Å². The summed E-state index contributed by atoms with van der Waals surface area (Å²) in [4.78, 5) is 23.9. The lowest BCUT2D eigenvalue weighted by Gasteiger charge is -2.24. The summed E-state index contributed by atoms with van der Waals surface area (Å²) in [5, 5.41) is 8.67. The first-order valence-electron chi connectivity index (χ1n) is 5.70. The van der Waals surface area contributed by atoms with E-state index in [4.69, 9.17) is 5.11 Å². The van der Waals surface area contributed by atoms with Gasteiger partial charge < -0.3 is 10.0 Å². The summed E-state index contributed by atoms with van der Waals surface area (Å²) < 4.78 is 13.1. The van der Waals surface area contributed by atoms with Crippen LogP contribution in [0.15, 0.2) is 24.3 Å². The Labute approximate surface area is 105 Å². The molecule has 0 atom stereocenters. The lowest BCUT2D eigenvalue weighted by Crippen LogP contribution is -2.36. The zero-order chi connectivity index (χ0) is 13.7. The highest BCUT2D eigenvalue weighted by Gasteiger charge is 2.19. The monoisotopic (exact) mass is 253 g/mol. The zero-order valence-electron chi connectivity index (χ0n) is 10.4. The molecule has 18 heavy (non-hydrogen) atoms. The van der Waals surface area contributed by atoms with E-state index in [1.807, 2.05) is 0 Å². The van der Waals surface area contributed by atoms with E-state index < -0.39 is 11.8 Å². The summed E-state index contributed by atoms with van der Waals surface area (Å²) in [5.41, 5.74) is 0.384. The second kappa shape index (κ2) is 6.14. The largest absolute Gasteiger partial charge is 0.481 e. The van der Waals surface area contributed by atoms with Crippen molar-refractivity contribution in [2.24, 2.45) is 5.92 Å². The van der Waals surface area contributed by atoms with Crippen molar-refractivity contribution in [3.8, 4) is 0 Å². The molecule has 1 rings (SSSR count). The molecule has 1 aromatic carbocycles. The molecule has 0 heterocycles. The number of amides is 1. The maximum Gasteiger partial charge on any atom is 0.305 e. The molecule has 5 heteroatoms. The van der Waals surface area contributed by atoms with Crippen LogP contribution in [0.4, 0.5) is 10.1 Å². The highest BCUT2D eigenvalue weighted by Crippen LogP contribution is 2.18. The smallest absolute Gasteiger partial charge is 0.305 e. The van der Waals surface area contributed by atoms with Gasteiger partial charge in [-0.25, -0.2) is 4.39 Å². The molecule has 0 aliphatic rings. The molecule has 0 saturated carbocycles. The van der Waals surface area contributed by atoms with Crippen LogP contribution < -0.4 is 4.90 Å². The van der Waals surface area contributed by atoms with Gasteiger partial charge in [0, 0.05) is 18.2 Å². The van der Waals surface area contributed by atoms with Crippen molar-refractivity contribution in [2.75, 3.05) is 11.4 Å². The standard InChI is InChI=1S/C13H16FNO3/c1-9(2)13(18)15(7-6-12(16)17)11-5-3-4-10(14)8-11/h3-5,8-9H,6-7H2,1-2H3,(H,16,17). The highest BCUT2D eigenvalue weighted by molar-refractivity contribution is 5.95. The number of hydrogen-bond acceptors (Lipinski definition) is 2. The number of carbonyl (C=O) groups excluding carboxylic acids is 1. The lowest BCUT2D eigenvalue weighted by atomic mass is 10.1. The number of benzene rings is 1. The van der Waals surface area contributed by atoms with Gasteiger partial charge >= 0.3 is 5.97 Å². The van der Waals surface area contributed by atoms with Gasteiger partial charge in [-0.05, 0) is 18.2 Å². The van der Waals surface area contributed by atoms with Crippen LogP contribution in [0.3, 0.4) is 0 Å². The number of halogens is 1. The Hall–Kier alpha value is -1.91. The van der Waals surface area contributed by atoms with Crippen LogP contribution in [0.5, 0.6) is 0 Å². The first-order valence-corrected chi connectivity index (χ1v) is 5.70. The van der Waals surface area contributed by atoms with Gasteiger partial charge in [0.15, 0.2) is 0 Å². The second-order valence-corrected chi connectivity index (χ2v) is 4.27. The number of carboxylic acid groups (broad SMARTS) is 1. The van der Waals surface area contributed by atoms with Gasteiger partial charge in [-0.3, -0.25) is 9.59 Å². The van der Waals surface area contributed by atoms with E-state index in [1.165, 1.54) is 23.1 Å². The average molecular weight is 253 g/mol. The molecular formula is C13H16FNO3. The van der Waals surface area contributed by atoms with Crippen LogP contribution in [0.25, 0.3) is 0 Å². The summed E-state index contributed by atoms with van der Waals surface area (Å²) in [6.07, 6.45) is -0.172. The lowest BCUT2D eigenvalue weighted by molar-refractivity contribution is -0.136. The van der Waals surface area contributed by atoms with Crippen molar-refractivity contribution in [2.45, 2.75) is 20.3 Å². The van der Waals surface area contributed by atoms with Gasteiger partial charge in [0.25, 0.3) is 0 Å². The van der Waals surface area contributed by atoms with Crippen LogP contribution in [0.1, 0.15) is 20.3 Å². The van der Waals surface area contributed by atoms with Crippen molar-refractivity contribution < 1.29 is 19.1 Å². The number of aliphatic carboxylic acids is 1. The molecule has 0 aliphatic carbocycles. The van der Waals surface area contributed by atoms with Crippen molar-refractivity contribution in [3.05, 3.63) is 30.1 Å². The van der Waals surface area contributed by atoms with Gasteiger partial charge in [0.2, 0.25) is 5.91 Å². The maximum atomic E-state index is 13.1. The minimum absolute atomic E-state index is 0.0375. The van der Waals surface area contributed by atoms with Crippen LogP contribution in [0, 0.1) is 11.7 Å². The number of carboxylic acids is 1. The van der Waals surface area contributed by atoms with Crippen molar-refractivity contribution in [1.82, 2.24) is 0 Å². The van der Waals surface area contributed by atoms with Gasteiger partial charge in [-0.1, -0.05) is 19.9 Å². The quantitative estimate of drug-likeness (QED) is 0.875. The van der Waals surface area contributed by atoms with E-state index in [9.17, 15) is 14.0 Å². The summed E-state index contributed by atoms with van der Waals surface area (Å²) in [6.45, 7) is 3.47. The topological polar surface area (TPSA) is 57.6 Å². The molecule has 0 fully saturated rings. The molecule has 0 spiro atoms. The molecule has 4 nitrogen and oxygen atoms in total. The summed E-state index contributed by atoms with van der Waals surface area (Å²) in [5.74, 6) is -1.94. The van der Waals surface area contributed by atoms with Gasteiger partial charge in [-0.15, -0.1) is 0 Å². The first-order chi connectivity index (χ1) is 8.41. The van der Waals surface area contributed by atoms with E-state index >= 15 is 0 Å². The number of nitrogens with zero attached hydrogens (tertiary/aromatic N) is 1. The molecule has 98 valence electrons.